The van der Waals surface area contributed by atoms with Gasteiger partial charge < -0.3 is 9.47 Å². The molecule has 2 aromatic rings. The summed E-state index contributed by atoms with van der Waals surface area (Å²) in [6.45, 7) is 10.4. The molecule has 0 spiro atoms. The Kier molecular flexibility index (Phi) is 9.07. The second kappa shape index (κ2) is 11.8. The summed E-state index contributed by atoms with van der Waals surface area (Å²) >= 11 is 0. The van der Waals surface area contributed by atoms with Gasteiger partial charge >= 0.3 is 11.9 Å². The van der Waals surface area contributed by atoms with Gasteiger partial charge in [0.05, 0.1) is 0 Å². The topological polar surface area (TPSA) is 52.6 Å². The number of hydrogen-bond acceptors (Lipinski definition) is 4. The van der Waals surface area contributed by atoms with Gasteiger partial charge in [-0.1, -0.05) is 50.3 Å². The number of benzene rings is 2. The lowest BCUT2D eigenvalue weighted by Gasteiger charge is -2.07. The minimum atomic E-state index is -0.398. The summed E-state index contributed by atoms with van der Waals surface area (Å²) in [5.41, 5.74) is 3.26. The van der Waals surface area contributed by atoms with Crippen molar-refractivity contribution in [3.8, 4) is 11.5 Å². The fourth-order valence-corrected chi connectivity index (χ4v) is 2.85. The van der Waals surface area contributed by atoms with Crippen LogP contribution in [0.15, 0.2) is 72.8 Å². The molecule has 0 N–H and O–H groups in total. The maximum atomic E-state index is 11.5. The molecule has 0 amide bonds. The Morgan fingerprint density at radius 1 is 0.633 bits per heavy atom. The third kappa shape index (κ3) is 8.08. The number of esters is 2. The zero-order chi connectivity index (χ0) is 21.9. The normalized spacial score (nSPS) is 10.3. The number of carbonyl (C=O) groups excluding carboxylic acids is 2. The number of rotatable bonds is 11. The van der Waals surface area contributed by atoms with Crippen molar-refractivity contribution in [3.05, 3.63) is 84.0 Å². The van der Waals surface area contributed by atoms with E-state index >= 15 is 0 Å². The van der Waals surface area contributed by atoms with E-state index in [9.17, 15) is 9.59 Å². The summed E-state index contributed by atoms with van der Waals surface area (Å²) in [7, 11) is 0. The van der Waals surface area contributed by atoms with E-state index in [0.717, 1.165) is 25.7 Å². The second-order valence-electron chi connectivity index (χ2n) is 7.54. The van der Waals surface area contributed by atoms with Crippen LogP contribution >= 0.6 is 0 Å². The lowest BCUT2D eigenvalue weighted by atomic mass is 10.0. The molecule has 4 nitrogen and oxygen atoms in total. The van der Waals surface area contributed by atoms with E-state index in [1.165, 1.54) is 24.0 Å². The van der Waals surface area contributed by atoms with Crippen LogP contribution in [-0.4, -0.2) is 11.9 Å². The van der Waals surface area contributed by atoms with Crippen LogP contribution in [0, 0.1) is 0 Å². The first kappa shape index (κ1) is 23.1. The largest absolute Gasteiger partial charge is 0.423 e. The van der Waals surface area contributed by atoms with Crippen molar-refractivity contribution in [2.24, 2.45) is 0 Å². The molecular formula is C26H30O4. The van der Waals surface area contributed by atoms with Crippen molar-refractivity contribution in [3.63, 3.8) is 0 Å². The Labute approximate surface area is 179 Å². The molecular weight excluding hydrogens is 376 g/mol. The van der Waals surface area contributed by atoms with Crippen LogP contribution in [-0.2, 0) is 22.4 Å². The Hall–Kier alpha value is -3.14. The van der Waals surface area contributed by atoms with Crippen molar-refractivity contribution in [1.82, 2.24) is 0 Å². The molecule has 2 aromatic carbocycles. The highest BCUT2D eigenvalue weighted by Gasteiger charge is 2.06. The van der Waals surface area contributed by atoms with E-state index in [2.05, 4.69) is 13.2 Å². The predicted molar refractivity (Wildman–Crippen MR) is 120 cm³/mol. The summed E-state index contributed by atoms with van der Waals surface area (Å²) in [4.78, 5) is 23.0. The van der Waals surface area contributed by atoms with Crippen LogP contribution in [0.25, 0.3) is 0 Å². The van der Waals surface area contributed by atoms with Crippen LogP contribution < -0.4 is 9.47 Å². The highest BCUT2D eigenvalue weighted by molar-refractivity contribution is 5.89. The molecule has 0 saturated heterocycles. The van der Waals surface area contributed by atoms with Crippen LogP contribution in [0.4, 0.5) is 0 Å². The van der Waals surface area contributed by atoms with Gasteiger partial charge in [0.25, 0.3) is 0 Å². The van der Waals surface area contributed by atoms with Gasteiger partial charge in [0.15, 0.2) is 0 Å². The van der Waals surface area contributed by atoms with E-state index in [1.807, 2.05) is 48.5 Å². The third-order valence-electron chi connectivity index (χ3n) is 4.65. The van der Waals surface area contributed by atoms with E-state index in [-0.39, 0.29) is 0 Å². The zero-order valence-corrected chi connectivity index (χ0v) is 17.9. The number of ether oxygens (including phenoxy) is 2. The van der Waals surface area contributed by atoms with Crippen molar-refractivity contribution in [1.29, 1.82) is 0 Å². The highest BCUT2D eigenvalue weighted by atomic mass is 16.5. The minimum Gasteiger partial charge on any atom is -0.423 e. The van der Waals surface area contributed by atoms with E-state index in [1.54, 1.807) is 13.8 Å². The molecule has 0 aliphatic heterocycles. The van der Waals surface area contributed by atoms with Crippen LogP contribution in [0.2, 0.25) is 0 Å². The lowest BCUT2D eigenvalue weighted by molar-refractivity contribution is -0.130. The van der Waals surface area contributed by atoms with Gasteiger partial charge in [0, 0.05) is 11.1 Å². The van der Waals surface area contributed by atoms with Crippen molar-refractivity contribution >= 4 is 11.9 Å². The van der Waals surface area contributed by atoms with Crippen LogP contribution in [0.3, 0.4) is 0 Å². The SMILES string of the molecule is C=C(C)C(=O)Oc1ccc(CCCCCCc2ccc(OC(=O)C(=C)C)cc2)cc1. The zero-order valence-electron chi connectivity index (χ0n) is 17.9. The van der Waals surface area contributed by atoms with Crippen molar-refractivity contribution < 1.29 is 19.1 Å². The predicted octanol–water partition coefficient (Wildman–Crippen LogP) is 6.00. The molecule has 0 unspecified atom stereocenters. The molecule has 0 fully saturated rings. The molecule has 0 atom stereocenters. The summed E-state index contributed by atoms with van der Waals surface area (Å²) in [6, 6.07) is 15.3. The number of hydrogen-bond donors (Lipinski definition) is 0. The molecule has 0 saturated carbocycles. The van der Waals surface area contributed by atoms with Gasteiger partial charge in [-0.3, -0.25) is 0 Å². The Bertz CT molecular complexity index is 801. The first-order valence-electron chi connectivity index (χ1n) is 10.3. The molecule has 0 radical (unpaired) electrons. The molecule has 0 aliphatic rings. The number of carbonyl (C=O) groups is 2. The van der Waals surface area contributed by atoms with Gasteiger partial charge in [-0.05, 0) is 74.9 Å². The maximum absolute atomic E-state index is 11.5. The highest BCUT2D eigenvalue weighted by Crippen LogP contribution is 2.17. The smallest absolute Gasteiger partial charge is 0.338 e. The minimum absolute atomic E-state index is 0.390. The molecule has 158 valence electrons. The lowest BCUT2D eigenvalue weighted by Crippen LogP contribution is -2.08. The molecule has 0 heterocycles. The quantitative estimate of drug-likeness (QED) is 0.199. The van der Waals surface area contributed by atoms with Gasteiger partial charge in [0.1, 0.15) is 11.5 Å². The molecule has 0 aromatic heterocycles. The van der Waals surface area contributed by atoms with Gasteiger partial charge in [0.2, 0.25) is 0 Å². The Morgan fingerprint density at radius 3 is 1.27 bits per heavy atom. The molecule has 0 bridgehead atoms. The average Bonchev–Trinajstić information content (AvgIpc) is 2.72. The standard InChI is InChI=1S/C26H30O4/c1-19(2)25(27)29-23-15-11-21(12-16-23)9-7-5-6-8-10-22-13-17-24(18-14-22)30-26(28)20(3)4/h11-18H,1,3,5-10H2,2,4H3. The van der Waals surface area contributed by atoms with Crippen LogP contribution in [0.5, 0.6) is 11.5 Å². The van der Waals surface area contributed by atoms with Crippen molar-refractivity contribution in [2.45, 2.75) is 52.4 Å². The van der Waals surface area contributed by atoms with E-state index in [4.69, 9.17) is 9.47 Å². The number of aryl methyl sites for hydroxylation is 2. The van der Waals surface area contributed by atoms with Gasteiger partial charge in [-0.15, -0.1) is 0 Å². The Morgan fingerprint density at radius 2 is 0.967 bits per heavy atom. The fourth-order valence-electron chi connectivity index (χ4n) is 2.85. The summed E-state index contributed by atoms with van der Waals surface area (Å²) < 4.78 is 10.4. The van der Waals surface area contributed by atoms with Gasteiger partial charge in [-0.2, -0.15) is 0 Å². The van der Waals surface area contributed by atoms with E-state index in [0.29, 0.717) is 22.6 Å². The number of unbranched alkanes of at least 4 members (excludes halogenated alkanes) is 3. The maximum Gasteiger partial charge on any atom is 0.338 e. The summed E-state index contributed by atoms with van der Waals surface area (Å²) in [5.74, 6) is 0.301. The van der Waals surface area contributed by atoms with Crippen molar-refractivity contribution in [2.75, 3.05) is 0 Å². The van der Waals surface area contributed by atoms with Gasteiger partial charge in [-0.25, -0.2) is 9.59 Å². The Balaban J connectivity index is 1.62. The third-order valence-corrected chi connectivity index (χ3v) is 4.65. The first-order chi connectivity index (χ1) is 14.3. The second-order valence-corrected chi connectivity index (χ2v) is 7.54. The molecule has 2 rings (SSSR count). The first-order valence-corrected chi connectivity index (χ1v) is 10.3. The fraction of sp³-hybridized carbons (Fsp3) is 0.308. The van der Waals surface area contributed by atoms with Crippen LogP contribution in [0.1, 0.15) is 50.7 Å². The molecule has 30 heavy (non-hydrogen) atoms. The monoisotopic (exact) mass is 406 g/mol. The average molecular weight is 407 g/mol. The summed E-state index contributed by atoms with van der Waals surface area (Å²) in [5, 5.41) is 0. The molecule has 0 aliphatic carbocycles. The van der Waals surface area contributed by atoms with E-state index < -0.39 is 11.9 Å². The summed E-state index contributed by atoms with van der Waals surface area (Å²) in [6.07, 6.45) is 6.61. The molecule has 4 heteroatoms.